The molecule has 0 radical (unpaired) electrons. The van der Waals surface area contributed by atoms with E-state index in [9.17, 15) is 0 Å². The van der Waals surface area contributed by atoms with Crippen molar-refractivity contribution in [1.82, 2.24) is 9.13 Å². The van der Waals surface area contributed by atoms with Gasteiger partial charge in [-0.3, -0.25) is 0 Å². The first-order valence-corrected chi connectivity index (χ1v) is 17.3. The van der Waals surface area contributed by atoms with E-state index >= 15 is 4.39 Å². The number of fused-ring (bicyclic) bond motifs is 6. The number of benzene rings is 8. The minimum atomic E-state index is -0.264. The van der Waals surface area contributed by atoms with E-state index in [0.717, 1.165) is 66.6 Å². The van der Waals surface area contributed by atoms with Crippen LogP contribution in [-0.2, 0) is 0 Å². The Bertz CT molecular complexity index is 2900. The minimum absolute atomic E-state index is 0.264. The third-order valence-corrected chi connectivity index (χ3v) is 10.2. The summed E-state index contributed by atoms with van der Waals surface area (Å²) in [5.74, 6) is -0.264. The lowest BCUT2D eigenvalue weighted by Crippen LogP contribution is -1.96. The monoisotopic (exact) mass is 654 g/mol. The summed E-state index contributed by atoms with van der Waals surface area (Å²) in [4.78, 5) is 0. The van der Waals surface area contributed by atoms with E-state index in [4.69, 9.17) is 0 Å². The number of rotatable bonds is 5. The summed E-state index contributed by atoms with van der Waals surface area (Å²) in [7, 11) is 0. The molecule has 0 aliphatic carbocycles. The van der Waals surface area contributed by atoms with Gasteiger partial charge in [-0.15, -0.1) is 0 Å². The van der Waals surface area contributed by atoms with Crippen LogP contribution in [0.15, 0.2) is 188 Å². The smallest absolute Gasteiger partial charge is 0.125 e. The maximum atomic E-state index is 15.5. The number of hydrogen-bond acceptors (Lipinski definition) is 0. The highest BCUT2D eigenvalue weighted by molar-refractivity contribution is 6.12. The van der Waals surface area contributed by atoms with E-state index in [1.807, 2.05) is 18.2 Å². The van der Waals surface area contributed by atoms with Crippen LogP contribution in [0.4, 0.5) is 4.39 Å². The van der Waals surface area contributed by atoms with Crippen LogP contribution in [-0.4, -0.2) is 9.13 Å². The minimum Gasteiger partial charge on any atom is -0.309 e. The molecule has 0 amide bonds. The van der Waals surface area contributed by atoms with Crippen LogP contribution in [0.25, 0.3) is 88.4 Å². The van der Waals surface area contributed by atoms with Gasteiger partial charge in [0.05, 0.1) is 22.1 Å². The van der Waals surface area contributed by atoms with Gasteiger partial charge in [-0.2, -0.15) is 0 Å². The highest BCUT2D eigenvalue weighted by atomic mass is 19.1. The molecule has 3 heteroatoms. The zero-order chi connectivity index (χ0) is 33.9. The Morgan fingerprint density at radius 1 is 0.275 bits per heavy atom. The average molecular weight is 655 g/mol. The fourth-order valence-electron chi connectivity index (χ4n) is 7.79. The Hall–Kier alpha value is -6.71. The Labute approximate surface area is 294 Å². The van der Waals surface area contributed by atoms with E-state index in [2.05, 4.69) is 167 Å². The lowest BCUT2D eigenvalue weighted by molar-refractivity contribution is 0.627. The molecule has 0 fully saturated rings. The molecule has 0 spiro atoms. The van der Waals surface area contributed by atoms with Crippen molar-refractivity contribution in [2.75, 3.05) is 0 Å². The van der Waals surface area contributed by atoms with E-state index in [-0.39, 0.29) is 5.82 Å². The molecule has 10 rings (SSSR count). The lowest BCUT2D eigenvalue weighted by atomic mass is 10.00. The molecule has 0 saturated heterocycles. The van der Waals surface area contributed by atoms with Crippen LogP contribution in [0.3, 0.4) is 0 Å². The third kappa shape index (κ3) is 4.86. The molecule has 0 N–H and O–H groups in total. The van der Waals surface area contributed by atoms with Crippen LogP contribution in [0.5, 0.6) is 0 Å². The molecule has 10 aromatic rings. The first-order chi connectivity index (χ1) is 25.2. The van der Waals surface area contributed by atoms with Crippen LogP contribution < -0.4 is 0 Å². The normalized spacial score (nSPS) is 11.6. The van der Waals surface area contributed by atoms with Crippen molar-refractivity contribution >= 4 is 43.6 Å². The Morgan fingerprint density at radius 3 is 1.29 bits per heavy atom. The van der Waals surface area contributed by atoms with Crippen LogP contribution in [0.1, 0.15) is 0 Å². The fraction of sp³-hybridized carbons (Fsp3) is 0. The zero-order valence-corrected chi connectivity index (χ0v) is 27.7. The Balaban J connectivity index is 1.10. The van der Waals surface area contributed by atoms with Crippen molar-refractivity contribution in [3.63, 3.8) is 0 Å². The second kappa shape index (κ2) is 11.7. The van der Waals surface area contributed by atoms with E-state index in [1.54, 1.807) is 12.1 Å². The average Bonchev–Trinajstić information content (AvgIpc) is 3.71. The molecule has 51 heavy (non-hydrogen) atoms. The zero-order valence-electron chi connectivity index (χ0n) is 27.7. The van der Waals surface area contributed by atoms with Gasteiger partial charge in [-0.1, -0.05) is 121 Å². The van der Waals surface area contributed by atoms with Gasteiger partial charge in [0, 0.05) is 32.9 Å². The van der Waals surface area contributed by atoms with Crippen molar-refractivity contribution in [2.24, 2.45) is 0 Å². The molecule has 0 saturated carbocycles. The summed E-state index contributed by atoms with van der Waals surface area (Å²) in [6.07, 6.45) is 0. The molecule has 0 aliphatic rings. The number of para-hydroxylation sites is 3. The largest absolute Gasteiger partial charge is 0.309 e. The molecule has 0 atom stereocenters. The molecule has 0 bridgehead atoms. The molecular weight excluding hydrogens is 624 g/mol. The maximum Gasteiger partial charge on any atom is 0.125 e. The third-order valence-electron chi connectivity index (χ3n) is 10.2. The van der Waals surface area contributed by atoms with Crippen LogP contribution in [0, 0.1) is 5.82 Å². The fourth-order valence-corrected chi connectivity index (χ4v) is 7.79. The highest BCUT2D eigenvalue weighted by Crippen LogP contribution is 2.39. The molecule has 240 valence electrons. The molecule has 0 unspecified atom stereocenters. The summed E-state index contributed by atoms with van der Waals surface area (Å²) < 4.78 is 20.0. The van der Waals surface area contributed by atoms with Gasteiger partial charge in [-0.25, -0.2) is 4.39 Å². The SMILES string of the molecule is Fc1cc(-c2ccc(-c3ccccc3)cc2)cc(-n2c3ccccc3c3cc(-c4ccc5c(c4)c4ccccc4n5-c4ccccc4)ccc32)c1. The molecule has 2 aromatic heterocycles. The predicted molar refractivity (Wildman–Crippen MR) is 211 cm³/mol. The second-order valence-corrected chi connectivity index (χ2v) is 13.1. The number of aromatic nitrogens is 2. The van der Waals surface area contributed by atoms with Crippen molar-refractivity contribution in [3.8, 4) is 44.8 Å². The molecule has 2 heterocycles. The summed E-state index contributed by atoms with van der Waals surface area (Å²) in [5, 5.41) is 4.72. The van der Waals surface area contributed by atoms with Gasteiger partial charge in [0.1, 0.15) is 5.82 Å². The van der Waals surface area contributed by atoms with Crippen molar-refractivity contribution < 1.29 is 4.39 Å². The van der Waals surface area contributed by atoms with Gasteiger partial charge < -0.3 is 9.13 Å². The maximum absolute atomic E-state index is 15.5. The van der Waals surface area contributed by atoms with Gasteiger partial charge in [-0.05, 0) is 100 Å². The number of halogens is 1. The number of hydrogen-bond donors (Lipinski definition) is 0. The van der Waals surface area contributed by atoms with Crippen LogP contribution >= 0.6 is 0 Å². The lowest BCUT2D eigenvalue weighted by Gasteiger charge is -2.12. The Kier molecular flexibility index (Phi) is 6.71. The second-order valence-electron chi connectivity index (χ2n) is 13.1. The first kappa shape index (κ1) is 29.2. The summed E-state index contributed by atoms with van der Waals surface area (Å²) in [6.45, 7) is 0. The quantitative estimate of drug-likeness (QED) is 0.175. The molecular formula is C48H31FN2. The predicted octanol–water partition coefficient (Wildman–Crippen LogP) is 13.0. The number of nitrogens with zero attached hydrogens (tertiary/aromatic N) is 2. The molecule has 8 aromatic carbocycles. The molecule has 2 nitrogen and oxygen atoms in total. The van der Waals surface area contributed by atoms with Gasteiger partial charge >= 0.3 is 0 Å². The standard InChI is InChI=1S/C48H31FN2/c49-38-27-37(34-21-19-33(20-22-34)32-11-3-1-4-12-32)28-40(31-38)51-46-18-10-8-16-42(46)44-30-36(24-26-48(44)51)35-23-25-47-43(29-35)41-15-7-9-17-45(41)50(47)39-13-5-2-6-14-39/h1-31H. The molecule has 0 aliphatic heterocycles. The van der Waals surface area contributed by atoms with Gasteiger partial charge in [0.15, 0.2) is 0 Å². The Morgan fingerprint density at radius 2 is 0.706 bits per heavy atom. The van der Waals surface area contributed by atoms with Gasteiger partial charge in [0.2, 0.25) is 0 Å². The van der Waals surface area contributed by atoms with Crippen LogP contribution in [0.2, 0.25) is 0 Å². The van der Waals surface area contributed by atoms with Crippen molar-refractivity contribution in [1.29, 1.82) is 0 Å². The summed E-state index contributed by atoms with van der Waals surface area (Å²) in [5.41, 5.74) is 12.8. The topological polar surface area (TPSA) is 9.86 Å². The van der Waals surface area contributed by atoms with Crippen molar-refractivity contribution in [3.05, 3.63) is 194 Å². The van der Waals surface area contributed by atoms with E-state index < -0.39 is 0 Å². The first-order valence-electron chi connectivity index (χ1n) is 17.3. The van der Waals surface area contributed by atoms with Gasteiger partial charge in [0.25, 0.3) is 0 Å². The summed E-state index contributed by atoms with van der Waals surface area (Å²) in [6, 6.07) is 65.1. The van der Waals surface area contributed by atoms with E-state index in [1.165, 1.54) is 21.8 Å². The summed E-state index contributed by atoms with van der Waals surface area (Å²) >= 11 is 0. The van der Waals surface area contributed by atoms with E-state index in [0.29, 0.717) is 0 Å². The van der Waals surface area contributed by atoms with Crippen molar-refractivity contribution in [2.45, 2.75) is 0 Å². The highest BCUT2D eigenvalue weighted by Gasteiger charge is 2.17.